The maximum absolute atomic E-state index is 11.2. The zero-order valence-corrected chi connectivity index (χ0v) is 9.69. The largest absolute Gasteiger partial charge is 0.478 e. The SMILES string of the molecule is O=C(O)C1=CC=CC2=C3CCCCC3OCC12. The molecule has 0 bridgehead atoms. The highest BCUT2D eigenvalue weighted by Gasteiger charge is 2.35. The van der Waals surface area contributed by atoms with Crippen molar-refractivity contribution < 1.29 is 14.6 Å². The lowest BCUT2D eigenvalue weighted by Crippen LogP contribution is -2.34. The van der Waals surface area contributed by atoms with Crippen molar-refractivity contribution in [3.8, 4) is 0 Å². The van der Waals surface area contributed by atoms with Gasteiger partial charge >= 0.3 is 5.97 Å². The number of ether oxygens (including phenoxy) is 1. The van der Waals surface area contributed by atoms with Crippen LogP contribution in [0.4, 0.5) is 0 Å². The molecule has 3 heteroatoms. The molecule has 3 nitrogen and oxygen atoms in total. The highest BCUT2D eigenvalue weighted by atomic mass is 16.5. The van der Waals surface area contributed by atoms with E-state index in [-0.39, 0.29) is 12.0 Å². The normalized spacial score (nSPS) is 31.6. The molecule has 0 aromatic rings. The molecular weight excluding hydrogens is 216 g/mol. The molecule has 1 fully saturated rings. The number of aliphatic carboxylic acids is 1. The Labute approximate surface area is 100 Å². The third kappa shape index (κ3) is 1.75. The minimum absolute atomic E-state index is 0.0538. The second-order valence-electron chi connectivity index (χ2n) is 4.89. The first-order valence-electron chi connectivity index (χ1n) is 6.23. The molecule has 3 aliphatic rings. The smallest absolute Gasteiger partial charge is 0.332 e. The maximum atomic E-state index is 11.2. The maximum Gasteiger partial charge on any atom is 0.332 e. The molecule has 1 saturated carbocycles. The summed E-state index contributed by atoms with van der Waals surface area (Å²) in [4.78, 5) is 11.2. The standard InChI is InChI=1S/C14H16O3/c15-14(16)11-6-3-5-9-10-4-1-2-7-13(10)17-8-12(9)11/h3,5-6,12-13H,1-2,4,7-8H2,(H,15,16). The number of rotatable bonds is 1. The van der Waals surface area contributed by atoms with E-state index in [0.717, 1.165) is 12.8 Å². The van der Waals surface area contributed by atoms with Gasteiger partial charge in [-0.2, -0.15) is 0 Å². The average molecular weight is 232 g/mol. The van der Waals surface area contributed by atoms with Crippen molar-refractivity contribution >= 4 is 5.97 Å². The third-order valence-electron chi connectivity index (χ3n) is 3.94. The van der Waals surface area contributed by atoms with Crippen LogP contribution >= 0.6 is 0 Å². The van der Waals surface area contributed by atoms with Crippen molar-refractivity contribution in [1.82, 2.24) is 0 Å². The number of fused-ring (bicyclic) bond motifs is 2. The Hall–Kier alpha value is -1.35. The third-order valence-corrected chi connectivity index (χ3v) is 3.94. The highest BCUT2D eigenvalue weighted by molar-refractivity contribution is 5.89. The molecule has 17 heavy (non-hydrogen) atoms. The molecule has 0 radical (unpaired) electrons. The zero-order chi connectivity index (χ0) is 11.8. The van der Waals surface area contributed by atoms with Crippen LogP contribution in [0.1, 0.15) is 25.7 Å². The van der Waals surface area contributed by atoms with Gasteiger partial charge in [0.05, 0.1) is 12.7 Å². The summed E-state index contributed by atoms with van der Waals surface area (Å²) in [6, 6.07) is 0. The van der Waals surface area contributed by atoms with E-state index in [1.807, 2.05) is 6.08 Å². The monoisotopic (exact) mass is 232 g/mol. The van der Waals surface area contributed by atoms with E-state index >= 15 is 0 Å². The molecule has 0 aromatic carbocycles. The van der Waals surface area contributed by atoms with Gasteiger partial charge in [-0.1, -0.05) is 24.6 Å². The van der Waals surface area contributed by atoms with Gasteiger partial charge in [-0.25, -0.2) is 4.79 Å². The molecule has 1 N–H and O–H groups in total. The van der Waals surface area contributed by atoms with Gasteiger partial charge in [0.15, 0.2) is 0 Å². The number of carboxylic acid groups (broad SMARTS) is 1. The summed E-state index contributed by atoms with van der Waals surface area (Å²) in [5.74, 6) is -0.878. The van der Waals surface area contributed by atoms with Crippen LogP contribution in [0.25, 0.3) is 0 Å². The van der Waals surface area contributed by atoms with Gasteiger partial charge in [-0.3, -0.25) is 0 Å². The van der Waals surface area contributed by atoms with Crippen LogP contribution in [0.3, 0.4) is 0 Å². The van der Waals surface area contributed by atoms with Gasteiger partial charge in [0.25, 0.3) is 0 Å². The van der Waals surface area contributed by atoms with Crippen molar-refractivity contribution in [2.24, 2.45) is 5.92 Å². The van der Waals surface area contributed by atoms with Crippen molar-refractivity contribution in [1.29, 1.82) is 0 Å². The van der Waals surface area contributed by atoms with E-state index < -0.39 is 5.97 Å². The number of carboxylic acids is 1. The molecule has 0 aromatic heterocycles. The Bertz CT molecular complexity index is 442. The molecule has 3 rings (SSSR count). The minimum Gasteiger partial charge on any atom is -0.478 e. The molecule has 90 valence electrons. The summed E-state index contributed by atoms with van der Waals surface area (Å²) in [6.07, 6.45) is 10.4. The second kappa shape index (κ2) is 4.15. The molecule has 0 saturated heterocycles. The van der Waals surface area contributed by atoms with Crippen LogP contribution in [-0.2, 0) is 9.53 Å². The minimum atomic E-state index is -0.824. The molecule has 0 amide bonds. The Balaban J connectivity index is 2.01. The molecule has 2 aliphatic carbocycles. The van der Waals surface area contributed by atoms with Gasteiger partial charge in [-0.15, -0.1) is 0 Å². The van der Waals surface area contributed by atoms with Crippen LogP contribution in [-0.4, -0.2) is 23.8 Å². The van der Waals surface area contributed by atoms with Crippen LogP contribution in [0.15, 0.2) is 34.9 Å². The van der Waals surface area contributed by atoms with E-state index in [2.05, 4.69) is 6.08 Å². The lowest BCUT2D eigenvalue weighted by molar-refractivity contribution is -0.133. The molecule has 1 heterocycles. The molecule has 2 unspecified atom stereocenters. The Morgan fingerprint density at radius 2 is 2.29 bits per heavy atom. The summed E-state index contributed by atoms with van der Waals surface area (Å²) in [6.45, 7) is 0.520. The average Bonchev–Trinajstić information content (AvgIpc) is 2.37. The summed E-state index contributed by atoms with van der Waals surface area (Å²) in [5, 5.41) is 9.19. The molecule has 2 atom stereocenters. The fourth-order valence-electron chi connectivity index (χ4n) is 3.09. The lowest BCUT2D eigenvalue weighted by atomic mass is 9.77. The van der Waals surface area contributed by atoms with Crippen molar-refractivity contribution in [2.75, 3.05) is 6.61 Å². The number of allylic oxidation sites excluding steroid dienone is 3. The van der Waals surface area contributed by atoms with Crippen LogP contribution in [0.2, 0.25) is 0 Å². The highest BCUT2D eigenvalue weighted by Crippen LogP contribution is 2.40. The summed E-state index contributed by atoms with van der Waals surface area (Å²) in [7, 11) is 0. The zero-order valence-electron chi connectivity index (χ0n) is 9.69. The Morgan fingerprint density at radius 1 is 1.41 bits per heavy atom. The molecular formula is C14H16O3. The molecule has 0 spiro atoms. The van der Waals surface area contributed by atoms with E-state index in [9.17, 15) is 9.90 Å². The fraction of sp³-hybridized carbons (Fsp3) is 0.500. The van der Waals surface area contributed by atoms with Crippen LogP contribution < -0.4 is 0 Å². The number of hydrogen-bond acceptors (Lipinski definition) is 2. The van der Waals surface area contributed by atoms with E-state index in [1.165, 1.54) is 24.0 Å². The van der Waals surface area contributed by atoms with Crippen LogP contribution in [0, 0.1) is 5.92 Å². The summed E-state index contributed by atoms with van der Waals surface area (Å²) < 4.78 is 5.84. The molecule has 1 aliphatic heterocycles. The summed E-state index contributed by atoms with van der Waals surface area (Å²) >= 11 is 0. The second-order valence-corrected chi connectivity index (χ2v) is 4.89. The van der Waals surface area contributed by atoms with Crippen molar-refractivity contribution in [2.45, 2.75) is 31.8 Å². The van der Waals surface area contributed by atoms with Crippen molar-refractivity contribution in [3.63, 3.8) is 0 Å². The Kier molecular flexibility index (Phi) is 2.63. The van der Waals surface area contributed by atoms with E-state index in [1.54, 1.807) is 6.08 Å². The van der Waals surface area contributed by atoms with Gasteiger partial charge < -0.3 is 9.84 Å². The topological polar surface area (TPSA) is 46.5 Å². The van der Waals surface area contributed by atoms with Crippen molar-refractivity contribution in [3.05, 3.63) is 34.9 Å². The van der Waals surface area contributed by atoms with Gasteiger partial charge in [0.2, 0.25) is 0 Å². The number of hydrogen-bond donors (Lipinski definition) is 1. The van der Waals surface area contributed by atoms with Gasteiger partial charge in [0.1, 0.15) is 0 Å². The lowest BCUT2D eigenvalue weighted by Gasteiger charge is -2.37. The predicted molar refractivity (Wildman–Crippen MR) is 63.6 cm³/mol. The fourth-order valence-corrected chi connectivity index (χ4v) is 3.09. The first-order valence-corrected chi connectivity index (χ1v) is 6.23. The number of carbonyl (C=O) groups is 1. The predicted octanol–water partition coefficient (Wildman–Crippen LogP) is 2.45. The Morgan fingerprint density at radius 3 is 3.12 bits per heavy atom. The van der Waals surface area contributed by atoms with Crippen LogP contribution in [0.5, 0.6) is 0 Å². The van der Waals surface area contributed by atoms with Gasteiger partial charge in [-0.05, 0) is 30.4 Å². The van der Waals surface area contributed by atoms with E-state index in [4.69, 9.17) is 4.74 Å². The summed E-state index contributed by atoms with van der Waals surface area (Å²) in [5.41, 5.74) is 3.02. The van der Waals surface area contributed by atoms with E-state index in [0.29, 0.717) is 12.2 Å². The first kappa shape index (κ1) is 10.8. The van der Waals surface area contributed by atoms with Gasteiger partial charge in [0, 0.05) is 11.5 Å². The first-order chi connectivity index (χ1) is 8.27. The quantitative estimate of drug-likeness (QED) is 0.755.